The number of rotatable bonds is 9. The van der Waals surface area contributed by atoms with Crippen molar-refractivity contribution in [2.75, 3.05) is 46.1 Å². The molecule has 0 spiro atoms. The molecule has 13 heavy (non-hydrogen) atoms. The average Bonchev–Trinajstić information content (AvgIpc) is 2.17. The highest BCUT2D eigenvalue weighted by molar-refractivity contribution is 4.54. The van der Waals surface area contributed by atoms with Crippen LogP contribution in [0, 0.1) is 0 Å². The molecule has 80 valence electrons. The van der Waals surface area contributed by atoms with Crippen molar-refractivity contribution in [3.8, 4) is 0 Å². The molecule has 0 bridgehead atoms. The number of hydrogen-bond donors (Lipinski definition) is 2. The van der Waals surface area contributed by atoms with Crippen molar-refractivity contribution in [2.24, 2.45) is 0 Å². The molecular weight excluding hydrogens is 170 g/mol. The standard InChI is InChI=1S/C9H21NO3/c1-2-10(4-3-6-11)5-8-13-9-7-12/h11-12H,2-9H2,1H3. The molecule has 0 heterocycles. The Morgan fingerprint density at radius 2 is 1.85 bits per heavy atom. The highest BCUT2D eigenvalue weighted by Gasteiger charge is 2.00. The number of aliphatic hydroxyl groups is 2. The van der Waals surface area contributed by atoms with Gasteiger partial charge in [0.05, 0.1) is 19.8 Å². The minimum atomic E-state index is 0.0861. The van der Waals surface area contributed by atoms with Gasteiger partial charge in [-0.2, -0.15) is 0 Å². The van der Waals surface area contributed by atoms with Crippen molar-refractivity contribution in [3.05, 3.63) is 0 Å². The maximum absolute atomic E-state index is 8.63. The molecule has 0 aromatic carbocycles. The molecule has 0 atom stereocenters. The van der Waals surface area contributed by atoms with Crippen molar-refractivity contribution in [1.82, 2.24) is 4.90 Å². The Labute approximate surface area is 80.1 Å². The highest BCUT2D eigenvalue weighted by Crippen LogP contribution is 1.90. The van der Waals surface area contributed by atoms with Crippen molar-refractivity contribution in [3.63, 3.8) is 0 Å². The van der Waals surface area contributed by atoms with E-state index < -0.39 is 0 Å². The lowest BCUT2D eigenvalue weighted by Gasteiger charge is -2.19. The largest absolute Gasteiger partial charge is 0.396 e. The van der Waals surface area contributed by atoms with Gasteiger partial charge in [-0.25, -0.2) is 0 Å². The summed E-state index contributed by atoms with van der Waals surface area (Å²) in [6.07, 6.45) is 0.813. The Morgan fingerprint density at radius 3 is 2.38 bits per heavy atom. The molecule has 0 radical (unpaired) electrons. The molecule has 0 saturated heterocycles. The van der Waals surface area contributed by atoms with Crippen LogP contribution in [0.1, 0.15) is 13.3 Å². The lowest BCUT2D eigenvalue weighted by atomic mass is 10.4. The first kappa shape index (κ1) is 12.8. The van der Waals surface area contributed by atoms with Gasteiger partial charge in [0.15, 0.2) is 0 Å². The molecule has 0 aliphatic carbocycles. The van der Waals surface area contributed by atoms with E-state index in [9.17, 15) is 0 Å². The van der Waals surface area contributed by atoms with Gasteiger partial charge in [-0.15, -0.1) is 0 Å². The van der Waals surface area contributed by atoms with Gasteiger partial charge in [0.1, 0.15) is 0 Å². The SMILES string of the molecule is CCN(CCCO)CCOCCO. The van der Waals surface area contributed by atoms with Crippen LogP contribution in [0.3, 0.4) is 0 Å². The zero-order chi connectivity index (χ0) is 9.94. The second-order valence-corrected chi connectivity index (χ2v) is 2.85. The fourth-order valence-corrected chi connectivity index (χ4v) is 1.08. The van der Waals surface area contributed by atoms with E-state index in [1.807, 2.05) is 0 Å². The van der Waals surface area contributed by atoms with Crippen molar-refractivity contribution >= 4 is 0 Å². The van der Waals surface area contributed by atoms with Gasteiger partial charge >= 0.3 is 0 Å². The Hall–Kier alpha value is -0.160. The number of hydrogen-bond acceptors (Lipinski definition) is 4. The Balaban J connectivity index is 3.25. The molecule has 4 nitrogen and oxygen atoms in total. The molecule has 0 aromatic heterocycles. The van der Waals surface area contributed by atoms with E-state index in [1.165, 1.54) is 0 Å². The first-order chi connectivity index (χ1) is 6.35. The van der Waals surface area contributed by atoms with Crippen LogP contribution in [-0.4, -0.2) is 61.2 Å². The summed E-state index contributed by atoms with van der Waals surface area (Å²) in [5.74, 6) is 0. The van der Waals surface area contributed by atoms with Gasteiger partial charge in [-0.05, 0) is 13.0 Å². The predicted octanol–water partition coefficient (Wildman–Crippen LogP) is -0.300. The number of ether oxygens (including phenoxy) is 1. The quantitative estimate of drug-likeness (QED) is 0.491. The second kappa shape index (κ2) is 9.92. The Kier molecular flexibility index (Phi) is 9.80. The van der Waals surface area contributed by atoms with Crippen molar-refractivity contribution in [1.29, 1.82) is 0 Å². The van der Waals surface area contributed by atoms with Gasteiger partial charge in [-0.3, -0.25) is 0 Å². The topological polar surface area (TPSA) is 52.9 Å². The summed E-state index contributed by atoms with van der Waals surface area (Å²) in [6.45, 7) is 6.24. The Morgan fingerprint density at radius 1 is 1.08 bits per heavy atom. The van der Waals surface area contributed by atoms with Gasteiger partial charge < -0.3 is 19.8 Å². The summed E-state index contributed by atoms with van der Waals surface area (Å²) < 4.78 is 5.14. The van der Waals surface area contributed by atoms with Crippen molar-refractivity contribution in [2.45, 2.75) is 13.3 Å². The molecule has 4 heteroatoms. The lowest BCUT2D eigenvalue weighted by Crippen LogP contribution is -2.29. The van der Waals surface area contributed by atoms with Gasteiger partial charge in [0.2, 0.25) is 0 Å². The van der Waals surface area contributed by atoms with Gasteiger partial charge in [0, 0.05) is 19.7 Å². The number of nitrogens with zero attached hydrogens (tertiary/aromatic N) is 1. The van der Waals surface area contributed by atoms with Crippen LogP contribution in [0.25, 0.3) is 0 Å². The zero-order valence-electron chi connectivity index (χ0n) is 8.41. The third-order valence-corrected chi connectivity index (χ3v) is 1.87. The third kappa shape index (κ3) is 8.18. The fraction of sp³-hybridized carbons (Fsp3) is 1.00. The summed E-state index contributed by atoms with van der Waals surface area (Å²) in [5.41, 5.74) is 0. The van der Waals surface area contributed by atoms with Crippen LogP contribution >= 0.6 is 0 Å². The minimum absolute atomic E-state index is 0.0861. The van der Waals surface area contributed by atoms with E-state index in [1.54, 1.807) is 0 Å². The lowest BCUT2D eigenvalue weighted by molar-refractivity contribution is 0.0733. The molecule has 0 fully saturated rings. The fourth-order valence-electron chi connectivity index (χ4n) is 1.08. The van der Waals surface area contributed by atoms with Crippen LogP contribution in [-0.2, 0) is 4.74 Å². The van der Waals surface area contributed by atoms with Crippen LogP contribution in [0.4, 0.5) is 0 Å². The third-order valence-electron chi connectivity index (χ3n) is 1.87. The molecule has 0 aromatic rings. The molecule has 0 saturated carbocycles. The van der Waals surface area contributed by atoms with Crippen molar-refractivity contribution < 1.29 is 14.9 Å². The maximum Gasteiger partial charge on any atom is 0.0698 e. The Bertz CT molecular complexity index is 101. The molecule has 0 rings (SSSR count). The van der Waals surface area contributed by atoms with E-state index in [0.29, 0.717) is 13.2 Å². The molecule has 0 amide bonds. The summed E-state index contributed by atoms with van der Waals surface area (Å²) >= 11 is 0. The number of likely N-dealkylation sites (N-methyl/N-ethyl adjacent to an activating group) is 1. The summed E-state index contributed by atoms with van der Waals surface area (Å²) in [4.78, 5) is 2.22. The zero-order valence-corrected chi connectivity index (χ0v) is 8.41. The minimum Gasteiger partial charge on any atom is -0.396 e. The molecule has 2 N–H and O–H groups in total. The predicted molar refractivity (Wildman–Crippen MR) is 51.7 cm³/mol. The number of aliphatic hydroxyl groups excluding tert-OH is 2. The monoisotopic (exact) mass is 191 g/mol. The molecule has 0 aliphatic rings. The summed E-state index contributed by atoms with van der Waals surface area (Å²) in [7, 11) is 0. The maximum atomic E-state index is 8.63. The van der Waals surface area contributed by atoms with E-state index in [4.69, 9.17) is 14.9 Å². The first-order valence-corrected chi connectivity index (χ1v) is 4.87. The van der Waals surface area contributed by atoms with E-state index in [2.05, 4.69) is 11.8 Å². The van der Waals surface area contributed by atoms with E-state index in [0.717, 1.165) is 26.1 Å². The van der Waals surface area contributed by atoms with Gasteiger partial charge in [-0.1, -0.05) is 6.92 Å². The molecule has 0 aliphatic heterocycles. The normalized spacial score (nSPS) is 11.1. The van der Waals surface area contributed by atoms with Crippen LogP contribution < -0.4 is 0 Å². The summed E-state index contributed by atoms with van der Waals surface area (Å²) in [5, 5.41) is 17.1. The first-order valence-electron chi connectivity index (χ1n) is 4.87. The molecule has 0 unspecified atom stereocenters. The smallest absolute Gasteiger partial charge is 0.0698 e. The van der Waals surface area contributed by atoms with E-state index in [-0.39, 0.29) is 13.2 Å². The van der Waals surface area contributed by atoms with E-state index >= 15 is 0 Å². The van der Waals surface area contributed by atoms with Crippen LogP contribution in [0.15, 0.2) is 0 Å². The highest BCUT2D eigenvalue weighted by atomic mass is 16.5. The molecular formula is C9H21NO3. The van der Waals surface area contributed by atoms with Crippen LogP contribution in [0.2, 0.25) is 0 Å². The average molecular weight is 191 g/mol. The van der Waals surface area contributed by atoms with Crippen LogP contribution in [0.5, 0.6) is 0 Å². The second-order valence-electron chi connectivity index (χ2n) is 2.85. The van der Waals surface area contributed by atoms with Gasteiger partial charge in [0.25, 0.3) is 0 Å². The summed E-state index contributed by atoms with van der Waals surface area (Å²) in [6, 6.07) is 0.